The summed E-state index contributed by atoms with van der Waals surface area (Å²) in [5.74, 6) is 0. The second-order valence-corrected chi connectivity index (χ2v) is 17.4. The molecule has 0 amide bonds. The largest absolute Gasteiger partial charge is 0.345 e. The molecule has 1 aromatic carbocycles. The zero-order valence-electron chi connectivity index (χ0n) is 13.5. The van der Waals surface area contributed by atoms with E-state index in [9.17, 15) is 0 Å². The van der Waals surface area contributed by atoms with E-state index in [-0.39, 0.29) is 0 Å². The van der Waals surface area contributed by atoms with Crippen LogP contribution in [0.3, 0.4) is 0 Å². The van der Waals surface area contributed by atoms with E-state index in [0.29, 0.717) is 0 Å². The highest BCUT2D eigenvalue weighted by atomic mass is 28.4. The van der Waals surface area contributed by atoms with E-state index < -0.39 is 16.5 Å². The predicted octanol–water partition coefficient (Wildman–Crippen LogP) is 4.84. The van der Waals surface area contributed by atoms with Crippen molar-refractivity contribution in [3.05, 3.63) is 42.0 Å². The molecule has 0 saturated carbocycles. The van der Waals surface area contributed by atoms with Gasteiger partial charge in [0.15, 0.2) is 0 Å². The van der Waals surface area contributed by atoms with Crippen LogP contribution < -0.4 is 0 Å². The fraction of sp³-hybridized carbons (Fsp3) is 0.500. The molecule has 0 saturated heterocycles. The number of benzene rings is 1. The Morgan fingerprint density at radius 2 is 1.63 bits per heavy atom. The molecule has 0 radical (unpaired) electrons. The highest BCUT2D eigenvalue weighted by Gasteiger charge is 2.33. The normalized spacial score (nSPS) is 12.8. The van der Waals surface area contributed by atoms with Gasteiger partial charge in [-0.2, -0.15) is 0 Å². The molecule has 1 nitrogen and oxygen atoms in total. The third-order valence-electron chi connectivity index (χ3n) is 3.43. The summed E-state index contributed by atoms with van der Waals surface area (Å²) in [5.41, 5.74) is 2.66. The average molecular weight is 292 g/mol. The Balaban J connectivity index is 2.79. The van der Waals surface area contributed by atoms with Gasteiger partial charge in [0.1, 0.15) is 16.5 Å². The predicted molar refractivity (Wildman–Crippen MR) is 93.6 cm³/mol. The Morgan fingerprint density at radius 1 is 1.05 bits per heavy atom. The summed E-state index contributed by atoms with van der Waals surface area (Å²) in [6.07, 6.45) is 3.08. The molecular weight excluding hydrogens is 262 g/mol. The molecule has 1 aromatic rings. The molecule has 0 aliphatic carbocycles. The summed E-state index contributed by atoms with van der Waals surface area (Å²) < 4.78 is 2.85. The fourth-order valence-electron chi connectivity index (χ4n) is 2.79. The zero-order chi connectivity index (χ0) is 14.7. The molecule has 19 heavy (non-hydrogen) atoms. The van der Waals surface area contributed by atoms with Gasteiger partial charge in [0, 0.05) is 0 Å². The van der Waals surface area contributed by atoms with E-state index in [2.05, 4.69) is 74.4 Å². The summed E-state index contributed by atoms with van der Waals surface area (Å²) in [7, 11) is -2.45. The van der Waals surface area contributed by atoms with Crippen molar-refractivity contribution in [2.75, 3.05) is 6.54 Å². The number of rotatable bonds is 6. The van der Waals surface area contributed by atoms with Gasteiger partial charge < -0.3 is 4.23 Å². The second-order valence-electron chi connectivity index (χ2n) is 7.19. The van der Waals surface area contributed by atoms with Crippen LogP contribution in [0.4, 0.5) is 0 Å². The summed E-state index contributed by atoms with van der Waals surface area (Å²) in [4.78, 5) is 0. The molecule has 0 aliphatic rings. The maximum absolute atomic E-state index is 3.85. The van der Waals surface area contributed by atoms with Crippen molar-refractivity contribution < 1.29 is 0 Å². The van der Waals surface area contributed by atoms with Crippen LogP contribution in [0.15, 0.2) is 30.8 Å². The van der Waals surface area contributed by atoms with Gasteiger partial charge in [-0.3, -0.25) is 0 Å². The maximum Gasteiger partial charge on any atom is 0.112 e. The first-order chi connectivity index (χ1) is 8.64. The molecule has 0 heterocycles. The van der Waals surface area contributed by atoms with E-state index in [0.717, 1.165) is 6.42 Å². The molecule has 0 unspecified atom stereocenters. The van der Waals surface area contributed by atoms with Crippen molar-refractivity contribution in [2.45, 2.75) is 45.7 Å². The minimum absolute atomic E-state index is 1.15. The highest BCUT2D eigenvalue weighted by molar-refractivity contribution is 6.89. The molecule has 3 heteroatoms. The minimum Gasteiger partial charge on any atom is -0.345 e. The Morgan fingerprint density at radius 3 is 2.11 bits per heavy atom. The Hall–Kier alpha value is -0.646. The minimum atomic E-state index is -1.22. The van der Waals surface area contributed by atoms with Gasteiger partial charge >= 0.3 is 0 Å². The summed E-state index contributed by atoms with van der Waals surface area (Å²) in [5, 5.41) is 0. The molecule has 0 spiro atoms. The Labute approximate surface area is 121 Å². The van der Waals surface area contributed by atoms with Gasteiger partial charge in [0.25, 0.3) is 0 Å². The summed E-state index contributed by atoms with van der Waals surface area (Å²) in [6.45, 7) is 19.8. The van der Waals surface area contributed by atoms with Gasteiger partial charge in [-0.15, -0.1) is 0 Å². The fourth-order valence-corrected chi connectivity index (χ4v) is 12.4. The molecule has 0 atom stereocenters. The maximum atomic E-state index is 3.85. The monoisotopic (exact) mass is 291 g/mol. The summed E-state index contributed by atoms with van der Waals surface area (Å²) >= 11 is 0. The molecule has 0 bridgehead atoms. The average Bonchev–Trinajstić information content (AvgIpc) is 2.26. The first-order valence-corrected chi connectivity index (χ1v) is 14.0. The van der Waals surface area contributed by atoms with Gasteiger partial charge in [-0.05, 0) is 24.1 Å². The van der Waals surface area contributed by atoms with Crippen LogP contribution in [-0.2, 0) is 6.42 Å². The van der Waals surface area contributed by atoms with E-state index in [4.69, 9.17) is 0 Å². The zero-order valence-corrected chi connectivity index (χ0v) is 15.5. The lowest BCUT2D eigenvalue weighted by Gasteiger charge is -2.43. The van der Waals surface area contributed by atoms with Crippen LogP contribution in [0.2, 0.25) is 39.3 Å². The number of hydrogen-bond acceptors (Lipinski definition) is 1. The van der Waals surface area contributed by atoms with Crippen molar-refractivity contribution >= 4 is 22.5 Å². The van der Waals surface area contributed by atoms with Crippen molar-refractivity contribution in [3.63, 3.8) is 0 Å². The topological polar surface area (TPSA) is 3.24 Å². The van der Waals surface area contributed by atoms with Crippen molar-refractivity contribution in [1.29, 1.82) is 0 Å². The van der Waals surface area contributed by atoms with Crippen LogP contribution in [0.5, 0.6) is 0 Å². The molecule has 0 aromatic heterocycles. The molecule has 1 rings (SSSR count). The molecule has 0 fully saturated rings. The first kappa shape index (κ1) is 16.4. The third kappa shape index (κ3) is 5.09. The Bertz CT molecular complexity index is 413. The van der Waals surface area contributed by atoms with Crippen LogP contribution in [-0.4, -0.2) is 27.2 Å². The van der Waals surface area contributed by atoms with Crippen molar-refractivity contribution in [1.82, 2.24) is 4.23 Å². The van der Waals surface area contributed by atoms with Gasteiger partial charge in [-0.25, -0.2) is 0 Å². The van der Waals surface area contributed by atoms with Gasteiger partial charge in [0.2, 0.25) is 0 Å². The molecule has 106 valence electrons. The quantitative estimate of drug-likeness (QED) is 0.678. The lowest BCUT2D eigenvalue weighted by molar-refractivity contribution is 0.612. The van der Waals surface area contributed by atoms with E-state index in [1.165, 1.54) is 17.7 Å². The lowest BCUT2D eigenvalue weighted by Crippen LogP contribution is -2.59. The number of hydrogen-bond donors (Lipinski definition) is 0. The highest BCUT2D eigenvalue weighted by Crippen LogP contribution is 2.20. The number of nitrogens with zero attached hydrogens (tertiary/aromatic N) is 1. The third-order valence-corrected chi connectivity index (χ3v) is 11.1. The van der Waals surface area contributed by atoms with Crippen LogP contribution in [0.1, 0.15) is 11.1 Å². The van der Waals surface area contributed by atoms with Gasteiger partial charge in [0.05, 0.1) is 0 Å². The smallest absolute Gasteiger partial charge is 0.112 e. The standard InChI is InChI=1S/C16H29NSi2/c1-8-15-10-9-11-16(14-15)12-13-17(18(2,3)4)19(5,6)7/h8-11,14H,1,12-13H2,2-7H3. The van der Waals surface area contributed by atoms with E-state index >= 15 is 0 Å². The van der Waals surface area contributed by atoms with Crippen LogP contribution in [0, 0.1) is 0 Å². The van der Waals surface area contributed by atoms with E-state index in [1.54, 1.807) is 0 Å². The molecular formula is C16H29NSi2. The van der Waals surface area contributed by atoms with E-state index in [1.807, 2.05) is 6.08 Å². The lowest BCUT2D eigenvalue weighted by atomic mass is 10.1. The Kier molecular flexibility index (Phi) is 5.36. The van der Waals surface area contributed by atoms with Crippen LogP contribution >= 0.6 is 0 Å². The second kappa shape index (κ2) is 6.20. The van der Waals surface area contributed by atoms with Gasteiger partial charge in [-0.1, -0.05) is 76.2 Å². The van der Waals surface area contributed by atoms with Crippen molar-refractivity contribution in [2.24, 2.45) is 0 Å². The SMILES string of the molecule is C=Cc1cccc(CCN([Si](C)(C)C)[Si](C)(C)C)c1. The first-order valence-electron chi connectivity index (χ1n) is 7.14. The molecule has 0 aliphatic heterocycles. The van der Waals surface area contributed by atoms with Crippen LogP contribution in [0.25, 0.3) is 6.08 Å². The summed E-state index contributed by atoms with van der Waals surface area (Å²) in [6, 6.07) is 8.75. The molecule has 0 N–H and O–H groups in total. The van der Waals surface area contributed by atoms with Crippen molar-refractivity contribution in [3.8, 4) is 0 Å².